The summed E-state index contributed by atoms with van der Waals surface area (Å²) in [6.07, 6.45) is 1.71. The quantitative estimate of drug-likeness (QED) is 0.709. The molecule has 0 aromatic heterocycles. The van der Waals surface area contributed by atoms with Gasteiger partial charge in [0.15, 0.2) is 8.32 Å². The SMILES string of the molecule is CCSC(=O)[C@@H](O[Si](C)(C)C(C)(C)C)[C@H](O)/C=C/c1ccccc1. The van der Waals surface area contributed by atoms with Gasteiger partial charge in [-0.1, -0.05) is 81.9 Å². The van der Waals surface area contributed by atoms with Crippen LogP contribution in [0.5, 0.6) is 0 Å². The number of carbonyl (C=O) groups excluding carboxylic acids is 1. The lowest BCUT2D eigenvalue weighted by Crippen LogP contribution is -2.49. The first-order chi connectivity index (χ1) is 11.1. The Morgan fingerprint density at radius 1 is 1.29 bits per heavy atom. The van der Waals surface area contributed by atoms with Gasteiger partial charge in [-0.25, -0.2) is 0 Å². The van der Waals surface area contributed by atoms with Crippen molar-refractivity contribution in [2.75, 3.05) is 5.75 Å². The fourth-order valence-electron chi connectivity index (χ4n) is 1.85. The molecule has 24 heavy (non-hydrogen) atoms. The number of thioether (sulfide) groups is 1. The smallest absolute Gasteiger partial charge is 0.219 e. The second-order valence-electron chi connectivity index (χ2n) is 7.31. The van der Waals surface area contributed by atoms with Gasteiger partial charge < -0.3 is 9.53 Å². The number of benzene rings is 1. The lowest BCUT2D eigenvalue weighted by atomic mass is 10.1. The van der Waals surface area contributed by atoms with Crippen LogP contribution in [0.15, 0.2) is 36.4 Å². The highest BCUT2D eigenvalue weighted by atomic mass is 32.2. The highest BCUT2D eigenvalue weighted by molar-refractivity contribution is 8.13. The Morgan fingerprint density at radius 2 is 1.88 bits per heavy atom. The molecular formula is C19H30O3SSi. The maximum Gasteiger partial charge on any atom is 0.219 e. The van der Waals surface area contributed by atoms with E-state index < -0.39 is 20.5 Å². The normalized spacial score (nSPS) is 15.5. The molecule has 2 atom stereocenters. The molecule has 0 spiro atoms. The minimum absolute atomic E-state index is 0.0225. The van der Waals surface area contributed by atoms with E-state index in [4.69, 9.17) is 4.43 Å². The average molecular weight is 367 g/mol. The molecule has 0 aliphatic heterocycles. The van der Waals surface area contributed by atoms with Crippen LogP contribution in [0, 0.1) is 0 Å². The fourth-order valence-corrected chi connectivity index (χ4v) is 3.81. The van der Waals surface area contributed by atoms with Crippen molar-refractivity contribution in [1.82, 2.24) is 0 Å². The zero-order valence-electron chi connectivity index (χ0n) is 15.6. The average Bonchev–Trinajstić information content (AvgIpc) is 2.50. The third-order valence-corrected chi connectivity index (χ3v) is 9.60. The fraction of sp³-hybridized carbons (Fsp3) is 0.526. The molecule has 0 saturated heterocycles. The molecule has 3 nitrogen and oxygen atoms in total. The number of rotatable bonds is 7. The largest absolute Gasteiger partial charge is 0.403 e. The van der Waals surface area contributed by atoms with Gasteiger partial charge in [0.25, 0.3) is 0 Å². The number of hydrogen-bond acceptors (Lipinski definition) is 4. The Hall–Kier alpha value is -0.883. The summed E-state index contributed by atoms with van der Waals surface area (Å²) < 4.78 is 6.23. The van der Waals surface area contributed by atoms with Gasteiger partial charge in [-0.15, -0.1) is 0 Å². The van der Waals surface area contributed by atoms with E-state index in [2.05, 4.69) is 33.9 Å². The molecule has 0 bridgehead atoms. The van der Waals surface area contributed by atoms with Gasteiger partial charge in [-0.3, -0.25) is 4.79 Å². The Morgan fingerprint density at radius 3 is 2.38 bits per heavy atom. The summed E-state index contributed by atoms with van der Waals surface area (Å²) in [5.41, 5.74) is 0.984. The van der Waals surface area contributed by atoms with Crippen LogP contribution in [0.3, 0.4) is 0 Å². The Bertz CT molecular complexity index is 549. The standard InChI is InChI=1S/C19H30O3SSi/c1-7-23-18(21)17(22-24(5,6)19(2,3)4)16(20)14-13-15-11-9-8-10-12-15/h8-14,16-17,20H,7H2,1-6H3/b14-13+/t16-,17+/m1/s1. The first kappa shape index (κ1) is 21.2. The molecule has 5 heteroatoms. The van der Waals surface area contributed by atoms with E-state index in [0.717, 1.165) is 5.56 Å². The highest BCUT2D eigenvalue weighted by Gasteiger charge is 2.42. The van der Waals surface area contributed by atoms with Crippen molar-refractivity contribution in [3.63, 3.8) is 0 Å². The van der Waals surface area contributed by atoms with E-state index in [-0.39, 0.29) is 10.2 Å². The molecule has 0 heterocycles. The molecule has 134 valence electrons. The van der Waals surface area contributed by atoms with Crippen LogP contribution in [0.4, 0.5) is 0 Å². The minimum atomic E-state index is -2.16. The van der Waals surface area contributed by atoms with Crippen molar-refractivity contribution in [2.45, 2.75) is 58.0 Å². The monoisotopic (exact) mass is 366 g/mol. The summed E-state index contributed by atoms with van der Waals surface area (Å²) in [6, 6.07) is 9.73. The van der Waals surface area contributed by atoms with Crippen LogP contribution >= 0.6 is 11.8 Å². The van der Waals surface area contributed by atoms with E-state index in [0.29, 0.717) is 5.75 Å². The van der Waals surface area contributed by atoms with Crippen molar-refractivity contribution < 1.29 is 14.3 Å². The Labute approximate surface area is 151 Å². The summed E-state index contributed by atoms with van der Waals surface area (Å²) in [5.74, 6) is 0.672. The van der Waals surface area contributed by atoms with Crippen LogP contribution in [0.25, 0.3) is 6.08 Å². The van der Waals surface area contributed by atoms with Crippen molar-refractivity contribution in [2.24, 2.45) is 0 Å². The zero-order valence-corrected chi connectivity index (χ0v) is 17.4. The van der Waals surface area contributed by atoms with Crippen LogP contribution < -0.4 is 0 Å². The van der Waals surface area contributed by atoms with E-state index in [1.54, 1.807) is 6.08 Å². The molecule has 0 radical (unpaired) electrons. The number of aliphatic hydroxyl groups excluding tert-OH is 1. The van der Waals surface area contributed by atoms with E-state index >= 15 is 0 Å². The van der Waals surface area contributed by atoms with Crippen molar-refractivity contribution in [1.29, 1.82) is 0 Å². The van der Waals surface area contributed by atoms with Gasteiger partial charge >= 0.3 is 0 Å². The highest BCUT2D eigenvalue weighted by Crippen LogP contribution is 2.38. The number of hydrogen-bond donors (Lipinski definition) is 1. The molecule has 0 aliphatic carbocycles. The Kier molecular flexibility index (Phi) is 7.93. The lowest BCUT2D eigenvalue weighted by molar-refractivity contribution is -0.121. The van der Waals surface area contributed by atoms with Gasteiger partial charge in [0.05, 0.1) is 0 Å². The van der Waals surface area contributed by atoms with Crippen LogP contribution in [-0.2, 0) is 9.22 Å². The van der Waals surface area contributed by atoms with Crippen molar-refractivity contribution >= 4 is 31.3 Å². The molecule has 0 saturated carbocycles. The van der Waals surface area contributed by atoms with Gasteiger partial charge in [0, 0.05) is 0 Å². The third-order valence-electron chi connectivity index (χ3n) is 4.34. The maximum atomic E-state index is 12.5. The second kappa shape index (κ2) is 8.99. The van der Waals surface area contributed by atoms with Gasteiger partial charge in [-0.2, -0.15) is 0 Å². The molecule has 1 aromatic rings. The number of carbonyl (C=O) groups is 1. The summed E-state index contributed by atoms with van der Waals surface area (Å²) >= 11 is 1.21. The van der Waals surface area contributed by atoms with E-state index in [9.17, 15) is 9.90 Å². The summed E-state index contributed by atoms with van der Waals surface area (Å²) in [5, 5.41) is 10.4. The van der Waals surface area contributed by atoms with Crippen molar-refractivity contribution in [3.8, 4) is 0 Å². The topological polar surface area (TPSA) is 46.5 Å². The zero-order chi connectivity index (χ0) is 18.4. The molecule has 0 amide bonds. The Balaban J connectivity index is 2.96. The van der Waals surface area contributed by atoms with Gasteiger partial charge in [-0.05, 0) is 29.4 Å². The number of aliphatic hydroxyl groups is 1. The third kappa shape index (κ3) is 6.20. The predicted octanol–water partition coefficient (Wildman–Crippen LogP) is 4.73. The lowest BCUT2D eigenvalue weighted by Gasteiger charge is -2.39. The van der Waals surface area contributed by atoms with Crippen LogP contribution in [0.1, 0.15) is 33.3 Å². The predicted molar refractivity (Wildman–Crippen MR) is 107 cm³/mol. The van der Waals surface area contributed by atoms with E-state index in [1.807, 2.05) is 43.3 Å². The first-order valence-electron chi connectivity index (χ1n) is 8.34. The summed E-state index contributed by atoms with van der Waals surface area (Å²) in [4.78, 5) is 12.5. The maximum absolute atomic E-state index is 12.5. The van der Waals surface area contributed by atoms with Crippen LogP contribution in [0.2, 0.25) is 18.1 Å². The molecule has 0 fully saturated rings. The van der Waals surface area contributed by atoms with Crippen LogP contribution in [-0.4, -0.2) is 36.5 Å². The van der Waals surface area contributed by atoms with Crippen molar-refractivity contribution in [3.05, 3.63) is 42.0 Å². The molecule has 1 N–H and O–H groups in total. The summed E-state index contributed by atoms with van der Waals surface area (Å²) in [7, 11) is -2.16. The van der Waals surface area contributed by atoms with Gasteiger partial charge in [0.2, 0.25) is 5.12 Å². The summed E-state index contributed by atoms with van der Waals surface area (Å²) in [6.45, 7) is 12.5. The molecule has 1 rings (SSSR count). The second-order valence-corrected chi connectivity index (χ2v) is 13.3. The minimum Gasteiger partial charge on any atom is -0.403 e. The van der Waals surface area contributed by atoms with Gasteiger partial charge in [0.1, 0.15) is 12.2 Å². The first-order valence-corrected chi connectivity index (χ1v) is 12.2. The molecule has 0 aliphatic rings. The molecular weight excluding hydrogens is 336 g/mol. The molecule has 0 unspecified atom stereocenters. The molecule has 1 aromatic carbocycles. The van der Waals surface area contributed by atoms with E-state index in [1.165, 1.54) is 11.8 Å².